The molecule has 0 aromatic carbocycles. The molecule has 4 nitrogen and oxygen atoms in total. The Labute approximate surface area is 99.9 Å². The molecule has 2 rings (SSSR count). The Balaban J connectivity index is 1.95. The summed E-state index contributed by atoms with van der Waals surface area (Å²) in [4.78, 5) is 4.31. The van der Waals surface area contributed by atoms with Crippen LogP contribution in [0.3, 0.4) is 0 Å². The zero-order valence-electron chi connectivity index (χ0n) is 9.60. The second-order valence-electron chi connectivity index (χ2n) is 3.75. The molecule has 86 valence electrons. The molecular weight excluding hydrogens is 214 g/mol. The minimum absolute atomic E-state index is 0.623. The van der Waals surface area contributed by atoms with Gasteiger partial charge in [0.2, 0.25) is 0 Å². The molecule has 2 aromatic rings. The number of nitrogens with zero attached hydrogens (tertiary/aromatic N) is 2. The molecule has 0 aliphatic rings. The molecule has 2 heterocycles. The highest BCUT2D eigenvalue weighted by Gasteiger charge is 2.00. The third-order valence-electron chi connectivity index (χ3n) is 2.34. The van der Waals surface area contributed by atoms with E-state index in [0.29, 0.717) is 5.56 Å². The van der Waals surface area contributed by atoms with E-state index in [1.165, 1.54) is 0 Å². The van der Waals surface area contributed by atoms with E-state index >= 15 is 0 Å². The van der Waals surface area contributed by atoms with E-state index in [0.717, 1.165) is 30.2 Å². The number of pyridine rings is 1. The summed E-state index contributed by atoms with van der Waals surface area (Å²) in [5, 5.41) is 12.0. The number of aromatic nitrogens is 1. The van der Waals surface area contributed by atoms with Gasteiger partial charge in [0.1, 0.15) is 11.6 Å². The number of nitriles is 1. The second-order valence-corrected chi connectivity index (χ2v) is 3.75. The monoisotopic (exact) mass is 227 g/mol. The summed E-state index contributed by atoms with van der Waals surface area (Å²) in [6, 6.07) is 9.43. The Kier molecular flexibility index (Phi) is 3.41. The highest BCUT2D eigenvalue weighted by molar-refractivity contribution is 5.44. The third kappa shape index (κ3) is 3.08. The fourth-order valence-electron chi connectivity index (χ4n) is 1.59. The average Bonchev–Trinajstić information content (AvgIpc) is 2.81. The van der Waals surface area contributed by atoms with Gasteiger partial charge in [-0.25, -0.2) is 4.98 Å². The van der Waals surface area contributed by atoms with Gasteiger partial charge in [0.15, 0.2) is 0 Å². The zero-order valence-corrected chi connectivity index (χ0v) is 9.60. The van der Waals surface area contributed by atoms with Crippen LogP contribution in [0.2, 0.25) is 0 Å². The van der Waals surface area contributed by atoms with Crippen LogP contribution in [0.5, 0.6) is 0 Å². The van der Waals surface area contributed by atoms with E-state index in [-0.39, 0.29) is 0 Å². The molecule has 0 unspecified atom stereocenters. The highest BCUT2D eigenvalue weighted by Crippen LogP contribution is 2.09. The Morgan fingerprint density at radius 1 is 1.47 bits per heavy atom. The first-order valence-electron chi connectivity index (χ1n) is 5.43. The average molecular weight is 227 g/mol. The van der Waals surface area contributed by atoms with E-state index in [4.69, 9.17) is 9.68 Å². The SMILES string of the molecule is Cc1cc(C#N)cc(NCCc2ccco2)n1. The molecule has 0 radical (unpaired) electrons. The Hall–Kier alpha value is -2.28. The van der Waals surface area contributed by atoms with Gasteiger partial charge in [0.05, 0.1) is 17.9 Å². The van der Waals surface area contributed by atoms with Crippen LogP contribution in [0.1, 0.15) is 17.0 Å². The molecular formula is C13H13N3O. The maximum Gasteiger partial charge on any atom is 0.127 e. The first-order valence-corrected chi connectivity index (χ1v) is 5.43. The van der Waals surface area contributed by atoms with E-state index in [9.17, 15) is 0 Å². The number of furan rings is 1. The first-order chi connectivity index (χ1) is 8.28. The van der Waals surface area contributed by atoms with Crippen LogP contribution < -0.4 is 5.32 Å². The standard InChI is InChI=1S/C13H13N3O/c1-10-7-11(9-14)8-13(16-10)15-5-4-12-3-2-6-17-12/h2-3,6-8H,4-5H2,1H3,(H,15,16). The first kappa shape index (κ1) is 11.2. The number of hydrogen-bond donors (Lipinski definition) is 1. The maximum absolute atomic E-state index is 8.84. The van der Waals surface area contributed by atoms with Crippen LogP contribution in [0.4, 0.5) is 5.82 Å². The smallest absolute Gasteiger partial charge is 0.127 e. The Morgan fingerprint density at radius 2 is 2.35 bits per heavy atom. The number of aryl methyl sites for hydroxylation is 1. The lowest BCUT2D eigenvalue weighted by atomic mass is 10.2. The van der Waals surface area contributed by atoms with E-state index < -0.39 is 0 Å². The predicted octanol–water partition coefficient (Wildman–Crippen LogP) is 2.51. The van der Waals surface area contributed by atoms with Gasteiger partial charge in [-0.1, -0.05) is 0 Å². The molecule has 0 saturated heterocycles. The molecule has 0 fully saturated rings. The van der Waals surface area contributed by atoms with Crippen molar-refractivity contribution in [3.05, 3.63) is 47.5 Å². The molecule has 2 aromatic heterocycles. The van der Waals surface area contributed by atoms with E-state index in [1.54, 1.807) is 18.4 Å². The minimum Gasteiger partial charge on any atom is -0.469 e. The molecule has 0 spiro atoms. The van der Waals surface area contributed by atoms with Gasteiger partial charge in [-0.05, 0) is 31.2 Å². The molecule has 0 atom stereocenters. The van der Waals surface area contributed by atoms with Gasteiger partial charge in [-0.2, -0.15) is 5.26 Å². The van der Waals surface area contributed by atoms with Crippen molar-refractivity contribution < 1.29 is 4.42 Å². The van der Waals surface area contributed by atoms with Crippen molar-refractivity contribution in [2.24, 2.45) is 0 Å². The lowest BCUT2D eigenvalue weighted by molar-refractivity contribution is 0.513. The zero-order chi connectivity index (χ0) is 12.1. The number of hydrogen-bond acceptors (Lipinski definition) is 4. The van der Waals surface area contributed by atoms with Gasteiger partial charge < -0.3 is 9.73 Å². The Morgan fingerprint density at radius 3 is 3.06 bits per heavy atom. The summed E-state index contributed by atoms with van der Waals surface area (Å²) in [6.07, 6.45) is 2.46. The van der Waals surface area contributed by atoms with Crippen LogP contribution in [-0.4, -0.2) is 11.5 Å². The van der Waals surface area contributed by atoms with Gasteiger partial charge in [0.25, 0.3) is 0 Å². The van der Waals surface area contributed by atoms with Crippen molar-refractivity contribution in [3.8, 4) is 6.07 Å². The van der Waals surface area contributed by atoms with Crippen molar-refractivity contribution >= 4 is 5.82 Å². The van der Waals surface area contributed by atoms with Crippen molar-refractivity contribution in [1.82, 2.24) is 4.98 Å². The summed E-state index contributed by atoms with van der Waals surface area (Å²) >= 11 is 0. The minimum atomic E-state index is 0.623. The van der Waals surface area contributed by atoms with Crippen LogP contribution in [0.15, 0.2) is 34.9 Å². The highest BCUT2D eigenvalue weighted by atomic mass is 16.3. The van der Waals surface area contributed by atoms with E-state index in [2.05, 4.69) is 16.4 Å². The summed E-state index contributed by atoms with van der Waals surface area (Å²) in [6.45, 7) is 2.60. The fraction of sp³-hybridized carbons (Fsp3) is 0.231. The van der Waals surface area contributed by atoms with Gasteiger partial charge in [-0.15, -0.1) is 0 Å². The molecule has 0 aliphatic heterocycles. The third-order valence-corrected chi connectivity index (χ3v) is 2.34. The second kappa shape index (κ2) is 5.17. The maximum atomic E-state index is 8.84. The quantitative estimate of drug-likeness (QED) is 0.871. The van der Waals surface area contributed by atoms with Crippen LogP contribution in [-0.2, 0) is 6.42 Å². The summed E-state index contributed by atoms with van der Waals surface area (Å²) in [5.41, 5.74) is 1.46. The van der Waals surface area contributed by atoms with Gasteiger partial charge in [0, 0.05) is 18.7 Å². The molecule has 1 N–H and O–H groups in total. The topological polar surface area (TPSA) is 61.9 Å². The summed E-state index contributed by atoms with van der Waals surface area (Å²) in [5.74, 6) is 1.67. The van der Waals surface area contributed by atoms with Crippen molar-refractivity contribution in [2.75, 3.05) is 11.9 Å². The van der Waals surface area contributed by atoms with Crippen LogP contribution in [0.25, 0.3) is 0 Å². The number of rotatable bonds is 4. The van der Waals surface area contributed by atoms with E-state index in [1.807, 2.05) is 19.1 Å². The molecule has 4 heteroatoms. The number of nitrogens with one attached hydrogen (secondary N) is 1. The lowest BCUT2D eigenvalue weighted by Gasteiger charge is -2.05. The molecule has 0 saturated carbocycles. The fourth-order valence-corrected chi connectivity index (χ4v) is 1.59. The van der Waals surface area contributed by atoms with Gasteiger partial charge in [-0.3, -0.25) is 0 Å². The molecule has 0 aliphatic carbocycles. The van der Waals surface area contributed by atoms with Crippen molar-refractivity contribution in [3.63, 3.8) is 0 Å². The van der Waals surface area contributed by atoms with Gasteiger partial charge >= 0.3 is 0 Å². The van der Waals surface area contributed by atoms with Crippen LogP contribution in [0, 0.1) is 18.3 Å². The van der Waals surface area contributed by atoms with Crippen LogP contribution >= 0.6 is 0 Å². The normalized spacial score (nSPS) is 9.88. The largest absolute Gasteiger partial charge is 0.469 e. The summed E-state index contributed by atoms with van der Waals surface area (Å²) < 4.78 is 5.23. The summed E-state index contributed by atoms with van der Waals surface area (Å²) in [7, 11) is 0. The lowest BCUT2D eigenvalue weighted by Crippen LogP contribution is -2.06. The molecule has 0 amide bonds. The molecule has 17 heavy (non-hydrogen) atoms. The Bertz CT molecular complexity index is 526. The van der Waals surface area contributed by atoms with Crippen molar-refractivity contribution in [2.45, 2.75) is 13.3 Å². The predicted molar refractivity (Wildman–Crippen MR) is 64.6 cm³/mol. The van der Waals surface area contributed by atoms with Crippen molar-refractivity contribution in [1.29, 1.82) is 5.26 Å². The number of anilines is 1. The molecule has 0 bridgehead atoms.